The molecule has 2 aromatic carbocycles. The van der Waals surface area contributed by atoms with E-state index in [2.05, 4.69) is 4.98 Å². The molecule has 0 aliphatic carbocycles. The first-order valence-corrected chi connectivity index (χ1v) is 7.43. The Bertz CT molecular complexity index is 1170. The van der Waals surface area contributed by atoms with E-state index < -0.39 is 22.9 Å². The molecule has 25 heavy (non-hydrogen) atoms. The van der Waals surface area contributed by atoms with E-state index in [9.17, 15) is 18.0 Å². The molecule has 0 amide bonds. The number of aryl methyl sites for hydroxylation is 1. The number of aromatic nitrogens is 2. The highest BCUT2D eigenvalue weighted by Crippen LogP contribution is 2.40. The second-order valence-electron chi connectivity index (χ2n) is 5.62. The van der Waals surface area contributed by atoms with Crippen molar-refractivity contribution in [3.05, 3.63) is 64.5 Å². The van der Waals surface area contributed by atoms with Crippen LogP contribution in [0, 0.1) is 0 Å². The summed E-state index contributed by atoms with van der Waals surface area (Å²) < 4.78 is 48.0. The Balaban J connectivity index is 2.19. The Labute approximate surface area is 139 Å². The van der Waals surface area contributed by atoms with E-state index in [-0.39, 0.29) is 16.8 Å². The van der Waals surface area contributed by atoms with Crippen LogP contribution in [-0.4, -0.2) is 9.55 Å². The minimum absolute atomic E-state index is 0.0759. The number of rotatable bonds is 1. The normalized spacial score (nSPS) is 12.2. The van der Waals surface area contributed by atoms with E-state index in [1.165, 1.54) is 28.8 Å². The highest BCUT2D eigenvalue weighted by molar-refractivity contribution is 5.88. The zero-order valence-corrected chi connectivity index (χ0v) is 13.0. The quantitative estimate of drug-likeness (QED) is 0.482. The van der Waals surface area contributed by atoms with Gasteiger partial charge in [-0.2, -0.15) is 13.2 Å². The van der Waals surface area contributed by atoms with Gasteiger partial charge in [-0.15, -0.1) is 0 Å². The van der Waals surface area contributed by atoms with E-state index in [4.69, 9.17) is 4.42 Å². The SMILES string of the molecule is Cn1c(-c2c(C(F)(F)F)c3ccccc3oc2=O)nc2ccccc21. The van der Waals surface area contributed by atoms with Gasteiger partial charge in [0.2, 0.25) is 0 Å². The molecule has 4 rings (SSSR count). The molecule has 126 valence electrons. The number of nitrogens with zero attached hydrogens (tertiary/aromatic N) is 2. The van der Waals surface area contributed by atoms with Gasteiger partial charge in [-0.1, -0.05) is 30.3 Å². The highest BCUT2D eigenvalue weighted by Gasteiger charge is 2.39. The maximum Gasteiger partial charge on any atom is 0.418 e. The predicted molar refractivity (Wildman–Crippen MR) is 87.2 cm³/mol. The largest absolute Gasteiger partial charge is 0.422 e. The second-order valence-corrected chi connectivity index (χ2v) is 5.62. The molecule has 4 aromatic rings. The van der Waals surface area contributed by atoms with Crippen LogP contribution in [0.15, 0.2) is 57.7 Å². The Morgan fingerprint density at radius 2 is 1.72 bits per heavy atom. The molecule has 4 nitrogen and oxygen atoms in total. The summed E-state index contributed by atoms with van der Waals surface area (Å²) >= 11 is 0. The summed E-state index contributed by atoms with van der Waals surface area (Å²) in [6.07, 6.45) is -4.73. The van der Waals surface area contributed by atoms with Gasteiger partial charge in [0.05, 0.1) is 16.6 Å². The number of fused-ring (bicyclic) bond motifs is 2. The van der Waals surface area contributed by atoms with Crippen molar-refractivity contribution < 1.29 is 17.6 Å². The molecule has 0 unspecified atom stereocenters. The smallest absolute Gasteiger partial charge is 0.418 e. The molecule has 7 heteroatoms. The molecule has 0 spiro atoms. The van der Waals surface area contributed by atoms with Crippen LogP contribution in [0.25, 0.3) is 33.4 Å². The first-order chi connectivity index (χ1) is 11.9. The van der Waals surface area contributed by atoms with Crippen LogP contribution >= 0.6 is 0 Å². The lowest BCUT2D eigenvalue weighted by atomic mass is 10.0. The fourth-order valence-corrected chi connectivity index (χ4v) is 3.02. The van der Waals surface area contributed by atoms with E-state index in [1.54, 1.807) is 31.3 Å². The molecule has 0 N–H and O–H groups in total. The molecule has 0 fully saturated rings. The minimum Gasteiger partial charge on any atom is -0.422 e. The van der Waals surface area contributed by atoms with Gasteiger partial charge in [-0.05, 0) is 18.2 Å². The first-order valence-electron chi connectivity index (χ1n) is 7.43. The van der Waals surface area contributed by atoms with Crippen LogP contribution in [0.4, 0.5) is 13.2 Å². The van der Waals surface area contributed by atoms with Gasteiger partial charge in [0.25, 0.3) is 0 Å². The minimum atomic E-state index is -4.73. The molecule has 0 bridgehead atoms. The van der Waals surface area contributed by atoms with Gasteiger partial charge < -0.3 is 8.98 Å². The van der Waals surface area contributed by atoms with Gasteiger partial charge in [-0.3, -0.25) is 0 Å². The number of para-hydroxylation sites is 3. The number of hydrogen-bond acceptors (Lipinski definition) is 3. The van der Waals surface area contributed by atoms with Crippen molar-refractivity contribution in [3.63, 3.8) is 0 Å². The van der Waals surface area contributed by atoms with Crippen molar-refractivity contribution >= 4 is 22.0 Å². The molecule has 0 saturated carbocycles. The number of alkyl halides is 3. The van der Waals surface area contributed by atoms with E-state index >= 15 is 0 Å². The summed E-state index contributed by atoms with van der Waals surface area (Å²) in [5.41, 5.74) is -1.66. The summed E-state index contributed by atoms with van der Waals surface area (Å²) in [7, 11) is 1.57. The maximum absolute atomic E-state index is 13.8. The van der Waals surface area contributed by atoms with Crippen molar-refractivity contribution in [1.82, 2.24) is 9.55 Å². The molecule has 0 saturated heterocycles. The van der Waals surface area contributed by atoms with Crippen LogP contribution in [0.2, 0.25) is 0 Å². The summed E-state index contributed by atoms with van der Waals surface area (Å²) in [6, 6.07) is 12.5. The van der Waals surface area contributed by atoms with E-state index in [1.807, 2.05) is 0 Å². The summed E-state index contributed by atoms with van der Waals surface area (Å²) in [5, 5.41) is -0.170. The summed E-state index contributed by atoms with van der Waals surface area (Å²) in [4.78, 5) is 16.6. The lowest BCUT2D eigenvalue weighted by Crippen LogP contribution is -2.17. The van der Waals surface area contributed by atoms with Crippen molar-refractivity contribution in [2.24, 2.45) is 7.05 Å². The Kier molecular flexibility index (Phi) is 3.21. The number of benzene rings is 2. The molecule has 0 atom stereocenters. The van der Waals surface area contributed by atoms with Gasteiger partial charge in [0.1, 0.15) is 17.0 Å². The highest BCUT2D eigenvalue weighted by atomic mass is 19.4. The third-order valence-electron chi connectivity index (χ3n) is 4.11. The van der Waals surface area contributed by atoms with E-state index in [0.717, 1.165) is 0 Å². The van der Waals surface area contributed by atoms with E-state index in [0.29, 0.717) is 11.0 Å². The third kappa shape index (κ3) is 2.31. The zero-order chi connectivity index (χ0) is 17.8. The number of halogens is 3. The number of imidazole rings is 1. The molecular formula is C18H11F3N2O2. The molecule has 2 heterocycles. The molecular weight excluding hydrogens is 333 g/mol. The summed E-state index contributed by atoms with van der Waals surface area (Å²) in [6.45, 7) is 0. The molecule has 2 aromatic heterocycles. The van der Waals surface area contributed by atoms with Crippen molar-refractivity contribution in [3.8, 4) is 11.4 Å². The zero-order valence-electron chi connectivity index (χ0n) is 13.0. The predicted octanol–water partition coefficient (Wildman–Crippen LogP) is 4.37. The van der Waals surface area contributed by atoms with Crippen LogP contribution in [0.3, 0.4) is 0 Å². The van der Waals surface area contributed by atoms with Gasteiger partial charge in [0, 0.05) is 12.4 Å². The lowest BCUT2D eigenvalue weighted by Gasteiger charge is -2.14. The van der Waals surface area contributed by atoms with Crippen molar-refractivity contribution in [1.29, 1.82) is 0 Å². The van der Waals surface area contributed by atoms with Gasteiger partial charge in [0.15, 0.2) is 0 Å². The summed E-state index contributed by atoms with van der Waals surface area (Å²) in [5.74, 6) is -0.0759. The van der Waals surface area contributed by atoms with Crippen LogP contribution < -0.4 is 5.63 Å². The monoisotopic (exact) mass is 344 g/mol. The van der Waals surface area contributed by atoms with Gasteiger partial charge >= 0.3 is 11.8 Å². The van der Waals surface area contributed by atoms with Crippen LogP contribution in [0.5, 0.6) is 0 Å². The average molecular weight is 344 g/mol. The average Bonchev–Trinajstić information content (AvgIpc) is 2.89. The fourth-order valence-electron chi connectivity index (χ4n) is 3.02. The molecule has 0 aliphatic heterocycles. The lowest BCUT2D eigenvalue weighted by molar-refractivity contribution is -0.136. The Morgan fingerprint density at radius 3 is 2.44 bits per heavy atom. The topological polar surface area (TPSA) is 48.0 Å². The molecule has 0 radical (unpaired) electrons. The number of hydrogen-bond donors (Lipinski definition) is 0. The standard InChI is InChI=1S/C18H11F3N2O2/c1-23-12-8-4-3-7-11(12)22-16(23)14-15(18(19,20)21)10-6-2-5-9-13(10)25-17(14)24/h2-9H,1H3. The van der Waals surface area contributed by atoms with Crippen LogP contribution in [0.1, 0.15) is 5.56 Å². The molecule has 0 aliphatic rings. The Hall–Kier alpha value is -3.09. The van der Waals surface area contributed by atoms with Gasteiger partial charge in [-0.25, -0.2) is 9.78 Å². The fraction of sp³-hybridized carbons (Fsp3) is 0.111. The second kappa shape index (κ2) is 5.20. The van der Waals surface area contributed by atoms with Crippen LogP contribution in [-0.2, 0) is 13.2 Å². The van der Waals surface area contributed by atoms with Crippen molar-refractivity contribution in [2.45, 2.75) is 6.18 Å². The third-order valence-corrected chi connectivity index (χ3v) is 4.11. The first kappa shape index (κ1) is 15.4. The van der Waals surface area contributed by atoms with Crippen molar-refractivity contribution in [2.75, 3.05) is 0 Å². The Morgan fingerprint density at radius 1 is 1.04 bits per heavy atom. The maximum atomic E-state index is 13.8.